The molecule has 11 atom stereocenters. The predicted octanol–water partition coefficient (Wildman–Crippen LogP) is -3.24. The molecule has 20 nitrogen and oxygen atoms in total. The summed E-state index contributed by atoms with van der Waals surface area (Å²) in [7, 11) is 0. The van der Waals surface area contributed by atoms with Crippen molar-refractivity contribution in [1.29, 1.82) is 0 Å². The Balaban J connectivity index is 1.07. The molecule has 0 radical (unpaired) electrons. The normalized spacial score (nSPS) is 33.7. The molecule has 3 saturated carbocycles. The fourth-order valence-electron chi connectivity index (χ4n) is 9.68. The first-order valence-corrected chi connectivity index (χ1v) is 20.2. The zero-order chi connectivity index (χ0) is 44.9. The highest BCUT2D eigenvalue weighted by atomic mass is 19.1. The fraction of sp³-hybridized carbons (Fsp3) is 0.692. The number of alkyl halides is 2. The Morgan fingerprint density at radius 3 is 2.02 bits per heavy atom. The van der Waals surface area contributed by atoms with Crippen molar-refractivity contribution in [1.82, 2.24) is 31.9 Å². The smallest absolute Gasteiger partial charge is 0.241 e. The van der Waals surface area contributed by atoms with Crippen molar-refractivity contribution in [3.63, 3.8) is 0 Å². The van der Waals surface area contributed by atoms with Crippen molar-refractivity contribution >= 4 is 47.0 Å². The van der Waals surface area contributed by atoms with E-state index in [-0.39, 0.29) is 24.8 Å². The number of ether oxygens (including phenoxy) is 3. The van der Waals surface area contributed by atoms with Crippen molar-refractivity contribution in [2.45, 2.75) is 94.9 Å². The van der Waals surface area contributed by atoms with Crippen LogP contribution >= 0.6 is 0 Å². The number of ketones is 2. The second-order valence-corrected chi connectivity index (χ2v) is 16.4. The van der Waals surface area contributed by atoms with E-state index in [2.05, 4.69) is 31.9 Å². The van der Waals surface area contributed by atoms with E-state index in [1.165, 1.54) is 19.1 Å². The number of allylic oxidation sites excluding steroid dienone is 4. The van der Waals surface area contributed by atoms with Crippen LogP contribution in [-0.4, -0.2) is 152 Å². The number of nitrogens with two attached hydrogens (primary N) is 1. The molecule has 22 heteroatoms. The van der Waals surface area contributed by atoms with Crippen LogP contribution in [0.4, 0.5) is 8.78 Å². The molecule has 4 fully saturated rings. The average Bonchev–Trinajstić information content (AvgIpc) is 3.71. The third-order valence-electron chi connectivity index (χ3n) is 12.7. The first kappa shape index (κ1) is 47.3. The van der Waals surface area contributed by atoms with Gasteiger partial charge >= 0.3 is 0 Å². The standard InChI is InChI=1S/C39H55F2N7O13/c1-4-5-34-60-28-10-21-22-9-24(40)23-8-20(50)6-7-36(23,2)38(22,41)26(51)11-37(21,3)39(28,61-34)27(52)18-59-19-48-33(57)15-46-31(55)13-44-29(53)12-43-30(54)14-45-32(56)16-47-35(58)25(42)17-49/h6-8,21-22,24-26,28,34,49,51H,4-5,9-19,42H2,1-3H3,(H,43,54)(H,44,53)(H,45,56)(H,46,55)(H,47,58)(H,48,57)/t21?,22-,24-,25-,26-,28+,34?,36-,37-,38-,39+/m0/s1. The molecule has 0 aromatic heterocycles. The van der Waals surface area contributed by atoms with Gasteiger partial charge in [0.2, 0.25) is 35.4 Å². The minimum absolute atomic E-state index is 0.0162. The van der Waals surface area contributed by atoms with Crippen molar-refractivity contribution in [2.75, 3.05) is 52.7 Å². The van der Waals surface area contributed by atoms with Crippen molar-refractivity contribution in [2.24, 2.45) is 28.4 Å². The number of hydrogen-bond donors (Lipinski definition) is 9. The highest BCUT2D eigenvalue weighted by Crippen LogP contribution is 2.72. The number of halogens is 2. The molecule has 2 unspecified atom stereocenters. The molecule has 0 aromatic rings. The summed E-state index contributed by atoms with van der Waals surface area (Å²) in [5.74, 6) is -7.24. The van der Waals surface area contributed by atoms with Gasteiger partial charge in [-0.1, -0.05) is 26.3 Å². The van der Waals surface area contributed by atoms with Crippen molar-refractivity contribution in [3.8, 4) is 0 Å². The first-order valence-electron chi connectivity index (χ1n) is 20.2. The van der Waals surface area contributed by atoms with Crippen molar-refractivity contribution < 1.29 is 71.6 Å². The summed E-state index contributed by atoms with van der Waals surface area (Å²) in [4.78, 5) is 98.3. The largest absolute Gasteiger partial charge is 0.394 e. The van der Waals surface area contributed by atoms with E-state index >= 15 is 8.78 Å². The number of fused-ring (bicyclic) bond motifs is 7. The van der Waals surface area contributed by atoms with Gasteiger partial charge in [0.25, 0.3) is 0 Å². The Bertz CT molecular complexity index is 1840. The Kier molecular flexibility index (Phi) is 14.8. The lowest BCUT2D eigenvalue weighted by atomic mass is 9.44. The fourth-order valence-corrected chi connectivity index (χ4v) is 9.68. The topological polar surface area (TPSA) is 303 Å². The van der Waals surface area contributed by atoms with E-state index in [1.54, 1.807) is 6.92 Å². The summed E-state index contributed by atoms with van der Waals surface area (Å²) < 4.78 is 51.9. The quantitative estimate of drug-likeness (QED) is 0.0456. The van der Waals surface area contributed by atoms with Gasteiger partial charge in [0.1, 0.15) is 25.6 Å². The third kappa shape index (κ3) is 9.24. The lowest BCUT2D eigenvalue weighted by Crippen LogP contribution is -2.71. The van der Waals surface area contributed by atoms with Gasteiger partial charge in [-0.05, 0) is 56.3 Å². The minimum Gasteiger partial charge on any atom is -0.394 e. The summed E-state index contributed by atoms with van der Waals surface area (Å²) >= 11 is 0. The molecule has 1 saturated heterocycles. The van der Waals surface area contributed by atoms with Gasteiger partial charge < -0.3 is 62.1 Å². The van der Waals surface area contributed by atoms with Crippen LogP contribution in [0.5, 0.6) is 0 Å². The first-order chi connectivity index (χ1) is 28.8. The van der Waals surface area contributed by atoms with E-state index in [0.29, 0.717) is 12.8 Å². The zero-order valence-electron chi connectivity index (χ0n) is 34.2. The summed E-state index contributed by atoms with van der Waals surface area (Å²) in [6.45, 7) is 0.799. The van der Waals surface area contributed by atoms with Gasteiger partial charge in [-0.3, -0.25) is 38.4 Å². The lowest BCUT2D eigenvalue weighted by Gasteiger charge is -2.63. The van der Waals surface area contributed by atoms with Crippen LogP contribution in [0.3, 0.4) is 0 Å². The molecule has 338 valence electrons. The van der Waals surface area contributed by atoms with Gasteiger partial charge in [-0.15, -0.1) is 0 Å². The number of Topliss-reactive ketones (excluding diaryl/α,β-unsaturated/α-hetero) is 1. The number of aliphatic hydroxyl groups is 2. The Morgan fingerprint density at radius 1 is 0.902 bits per heavy atom. The van der Waals surface area contributed by atoms with Crippen LogP contribution in [0.25, 0.3) is 0 Å². The molecule has 61 heavy (non-hydrogen) atoms. The van der Waals surface area contributed by atoms with Gasteiger partial charge in [0.05, 0.1) is 51.5 Å². The number of rotatable bonds is 19. The van der Waals surface area contributed by atoms with Crippen LogP contribution in [0.15, 0.2) is 23.8 Å². The highest BCUT2D eigenvalue weighted by Gasteiger charge is 2.80. The van der Waals surface area contributed by atoms with E-state index in [4.69, 9.17) is 25.1 Å². The summed E-state index contributed by atoms with van der Waals surface area (Å²) in [6.07, 6.45) is -0.616. The van der Waals surface area contributed by atoms with Crippen LogP contribution < -0.4 is 37.6 Å². The molecule has 1 heterocycles. The maximum atomic E-state index is 17.7. The molecule has 0 bridgehead atoms. The average molecular weight is 868 g/mol. The molecular formula is C39H55F2N7O13. The second-order valence-electron chi connectivity index (χ2n) is 16.4. The van der Waals surface area contributed by atoms with E-state index < -0.39 is 164 Å². The molecule has 6 amide bonds. The molecule has 1 aliphatic heterocycles. The Labute approximate surface area is 349 Å². The number of nitrogens with one attached hydrogen (secondary N) is 6. The number of aliphatic hydroxyl groups excluding tert-OH is 2. The molecule has 10 N–H and O–H groups in total. The maximum absolute atomic E-state index is 17.7. The number of hydrogen-bond acceptors (Lipinski definition) is 14. The molecular weight excluding hydrogens is 812 g/mol. The monoisotopic (exact) mass is 867 g/mol. The third-order valence-corrected chi connectivity index (χ3v) is 12.7. The predicted molar refractivity (Wildman–Crippen MR) is 205 cm³/mol. The molecule has 0 aromatic carbocycles. The summed E-state index contributed by atoms with van der Waals surface area (Å²) in [5.41, 5.74) is -1.60. The van der Waals surface area contributed by atoms with Crippen LogP contribution in [-0.2, 0) is 52.6 Å². The number of amides is 6. The van der Waals surface area contributed by atoms with E-state index in [0.717, 1.165) is 6.08 Å². The number of carbonyl (C=O) groups excluding carboxylic acids is 8. The lowest BCUT2D eigenvalue weighted by molar-refractivity contribution is -0.235. The second kappa shape index (κ2) is 19.1. The van der Waals surface area contributed by atoms with Gasteiger partial charge in [-0.2, -0.15) is 0 Å². The van der Waals surface area contributed by atoms with Crippen molar-refractivity contribution in [3.05, 3.63) is 23.8 Å². The summed E-state index contributed by atoms with van der Waals surface area (Å²) in [6, 6.07) is -1.21. The highest BCUT2D eigenvalue weighted by molar-refractivity contribution is 6.01. The zero-order valence-corrected chi connectivity index (χ0v) is 34.2. The Hall–Kier alpha value is -4.74. The van der Waals surface area contributed by atoms with E-state index in [1.807, 2.05) is 6.92 Å². The van der Waals surface area contributed by atoms with Gasteiger partial charge in [-0.25, -0.2) is 8.78 Å². The van der Waals surface area contributed by atoms with E-state index in [9.17, 15) is 43.5 Å². The number of carbonyl (C=O) groups is 8. The summed E-state index contributed by atoms with van der Waals surface area (Å²) in [5, 5.41) is 34.0. The SMILES string of the molecule is CCCC1O[C@@H]2CC3[C@@H]4C[C@H](F)C5=CC(=O)C=C[C@]5(C)[C@@]4(F)[C@@H](O)C[C@]3(C)[C@]2(C(=O)COCNC(=O)CNC(=O)CNC(=O)CNC(=O)CNC(=O)CNC(=O)[C@@H](N)CO)O1. The van der Waals surface area contributed by atoms with Gasteiger partial charge in [0, 0.05) is 16.7 Å². The minimum atomic E-state index is -2.36. The Morgan fingerprint density at radius 2 is 1.46 bits per heavy atom. The maximum Gasteiger partial charge on any atom is 0.241 e. The van der Waals surface area contributed by atoms with Crippen LogP contribution in [0.2, 0.25) is 0 Å². The van der Waals surface area contributed by atoms with Gasteiger partial charge in [0.15, 0.2) is 29.1 Å². The molecule has 4 aliphatic carbocycles. The molecule has 5 rings (SSSR count). The molecule has 5 aliphatic rings. The van der Waals surface area contributed by atoms with Crippen LogP contribution in [0.1, 0.15) is 52.9 Å². The van der Waals surface area contributed by atoms with Crippen LogP contribution in [0, 0.1) is 22.7 Å². The molecule has 0 spiro atoms.